The van der Waals surface area contributed by atoms with E-state index in [4.69, 9.17) is 4.74 Å². The Morgan fingerprint density at radius 2 is 1.90 bits per heavy atom. The van der Waals surface area contributed by atoms with E-state index in [1.54, 1.807) is 18.2 Å². The van der Waals surface area contributed by atoms with E-state index in [2.05, 4.69) is 4.98 Å². The number of aromatic amines is 1. The fourth-order valence-electron chi connectivity index (χ4n) is 3.80. The highest BCUT2D eigenvalue weighted by Gasteiger charge is 2.29. The van der Waals surface area contributed by atoms with Crippen molar-refractivity contribution in [3.05, 3.63) is 65.4 Å². The van der Waals surface area contributed by atoms with Crippen molar-refractivity contribution in [2.24, 2.45) is 0 Å². The zero-order chi connectivity index (χ0) is 21.5. The second kappa shape index (κ2) is 7.60. The molecule has 0 saturated carbocycles. The van der Waals surface area contributed by atoms with Gasteiger partial charge in [-0.15, -0.1) is 0 Å². The lowest BCUT2D eigenvalue weighted by Crippen LogP contribution is -2.26. The van der Waals surface area contributed by atoms with Gasteiger partial charge in [0.15, 0.2) is 6.10 Å². The van der Waals surface area contributed by atoms with Gasteiger partial charge in [-0.05, 0) is 44.5 Å². The normalized spacial score (nSPS) is 16.5. The molecule has 1 saturated heterocycles. The Balaban J connectivity index is 1.54. The molecule has 2 aromatic carbocycles. The predicted molar refractivity (Wildman–Crippen MR) is 114 cm³/mol. The Hall–Kier alpha value is -3.13. The molecule has 30 heavy (non-hydrogen) atoms. The molecule has 0 amide bonds. The number of aromatic nitrogens is 1. The van der Waals surface area contributed by atoms with E-state index in [-0.39, 0.29) is 17.1 Å². The summed E-state index contributed by atoms with van der Waals surface area (Å²) in [6.45, 7) is 3.73. The Bertz CT molecular complexity index is 1250. The third kappa shape index (κ3) is 3.59. The number of benzene rings is 2. The fourth-order valence-corrected chi connectivity index (χ4v) is 5.35. The second-order valence-corrected chi connectivity index (χ2v) is 9.39. The van der Waals surface area contributed by atoms with Gasteiger partial charge in [0.1, 0.15) is 0 Å². The number of esters is 1. The van der Waals surface area contributed by atoms with Crippen LogP contribution in [0, 0.1) is 6.92 Å². The number of para-hydroxylation sites is 1. The number of carbonyl (C=O) groups is 2. The molecule has 3 aromatic rings. The summed E-state index contributed by atoms with van der Waals surface area (Å²) in [7, 11) is -3.35. The van der Waals surface area contributed by atoms with Crippen molar-refractivity contribution in [1.82, 2.24) is 4.98 Å². The van der Waals surface area contributed by atoms with Crippen molar-refractivity contribution in [3.63, 3.8) is 0 Å². The molecule has 0 radical (unpaired) electrons. The van der Waals surface area contributed by atoms with Crippen molar-refractivity contribution >= 4 is 38.4 Å². The number of nitrogens with one attached hydrogen (secondary N) is 1. The number of aryl methyl sites for hydroxylation is 1. The van der Waals surface area contributed by atoms with E-state index in [0.29, 0.717) is 29.9 Å². The van der Waals surface area contributed by atoms with Crippen LogP contribution in [0.3, 0.4) is 0 Å². The molecule has 0 bridgehead atoms. The van der Waals surface area contributed by atoms with Gasteiger partial charge >= 0.3 is 5.97 Å². The molecule has 1 atom stereocenters. The summed E-state index contributed by atoms with van der Waals surface area (Å²) in [4.78, 5) is 28.8. The summed E-state index contributed by atoms with van der Waals surface area (Å²) in [5, 5.41) is 0.782. The smallest absolute Gasteiger partial charge is 0.338 e. The number of ether oxygens (including phenoxy) is 1. The number of hydrogen-bond donors (Lipinski definition) is 1. The van der Waals surface area contributed by atoms with Crippen LogP contribution in [-0.2, 0) is 14.8 Å². The van der Waals surface area contributed by atoms with Crippen molar-refractivity contribution in [2.45, 2.75) is 26.4 Å². The second-order valence-electron chi connectivity index (χ2n) is 7.37. The van der Waals surface area contributed by atoms with Crippen LogP contribution >= 0.6 is 0 Å². The van der Waals surface area contributed by atoms with Crippen LogP contribution in [0.15, 0.2) is 48.5 Å². The minimum atomic E-state index is -3.35. The monoisotopic (exact) mass is 426 g/mol. The molecule has 4 rings (SSSR count). The molecule has 1 N–H and O–H groups in total. The van der Waals surface area contributed by atoms with Gasteiger partial charge in [-0.3, -0.25) is 9.10 Å². The summed E-state index contributed by atoms with van der Waals surface area (Å²) < 4.78 is 31.0. The SMILES string of the molecule is Cc1[nH]c2ccccc2c1C(=O)C(C)OC(=O)c1cccc(N2CCCS2(=O)=O)c1. The molecule has 8 heteroatoms. The molecule has 1 aromatic heterocycles. The lowest BCUT2D eigenvalue weighted by Gasteiger charge is -2.18. The first-order valence-corrected chi connectivity index (χ1v) is 11.3. The highest BCUT2D eigenvalue weighted by molar-refractivity contribution is 7.93. The van der Waals surface area contributed by atoms with Gasteiger partial charge in [-0.2, -0.15) is 0 Å². The van der Waals surface area contributed by atoms with E-state index in [1.807, 2.05) is 31.2 Å². The minimum Gasteiger partial charge on any atom is -0.451 e. The Morgan fingerprint density at radius 3 is 2.63 bits per heavy atom. The van der Waals surface area contributed by atoms with E-state index in [9.17, 15) is 18.0 Å². The standard InChI is InChI=1S/C22H22N2O5S/c1-14-20(18-9-3-4-10-19(18)23-14)21(25)15(2)29-22(26)16-7-5-8-17(13-16)24-11-6-12-30(24,27)28/h3-5,7-10,13,15,23H,6,11-12H2,1-2H3. The molecule has 1 unspecified atom stereocenters. The topological polar surface area (TPSA) is 96.5 Å². The first-order valence-electron chi connectivity index (χ1n) is 9.71. The molecule has 1 fully saturated rings. The van der Waals surface area contributed by atoms with Gasteiger partial charge in [0.05, 0.1) is 17.0 Å². The van der Waals surface area contributed by atoms with Crippen LogP contribution < -0.4 is 4.31 Å². The van der Waals surface area contributed by atoms with Crippen LogP contribution in [0.25, 0.3) is 10.9 Å². The number of H-pyrrole nitrogens is 1. The van der Waals surface area contributed by atoms with E-state index in [1.165, 1.54) is 17.3 Å². The predicted octanol–water partition coefficient (Wildman–Crippen LogP) is 3.44. The summed E-state index contributed by atoms with van der Waals surface area (Å²) in [5.74, 6) is -0.875. The van der Waals surface area contributed by atoms with Crippen LogP contribution in [0.5, 0.6) is 0 Å². The lowest BCUT2D eigenvalue weighted by molar-refractivity contribution is 0.0319. The van der Waals surface area contributed by atoms with Crippen molar-refractivity contribution < 1.29 is 22.7 Å². The number of ketones is 1. The number of anilines is 1. The van der Waals surface area contributed by atoms with Gasteiger partial charge in [0.25, 0.3) is 0 Å². The molecule has 1 aliphatic rings. The lowest BCUT2D eigenvalue weighted by atomic mass is 10.0. The number of carbonyl (C=O) groups excluding carboxylic acids is 2. The molecule has 7 nitrogen and oxygen atoms in total. The summed E-state index contributed by atoms with van der Waals surface area (Å²) in [5.41, 5.74) is 2.68. The number of rotatable bonds is 5. The Kier molecular flexibility index (Phi) is 5.11. The molecule has 2 heterocycles. The van der Waals surface area contributed by atoms with Crippen molar-refractivity contribution in [1.29, 1.82) is 0 Å². The Morgan fingerprint density at radius 1 is 1.13 bits per heavy atom. The molecule has 1 aliphatic heterocycles. The van der Waals surface area contributed by atoms with Crippen LogP contribution in [0.4, 0.5) is 5.69 Å². The average molecular weight is 426 g/mol. The van der Waals surface area contributed by atoms with Crippen LogP contribution in [0.1, 0.15) is 39.8 Å². The number of Topliss-reactive ketones (excluding diaryl/α,β-unsaturated/α-hetero) is 1. The van der Waals surface area contributed by atoms with Gasteiger partial charge in [0, 0.05) is 28.7 Å². The van der Waals surface area contributed by atoms with Gasteiger partial charge in [-0.1, -0.05) is 24.3 Å². The van der Waals surface area contributed by atoms with Crippen LogP contribution in [0.2, 0.25) is 0 Å². The minimum absolute atomic E-state index is 0.0944. The summed E-state index contributed by atoms with van der Waals surface area (Å²) in [6, 6.07) is 13.7. The first kappa shape index (κ1) is 20.2. The average Bonchev–Trinajstić information content (AvgIpc) is 3.25. The molecule has 156 valence electrons. The molecular formula is C22H22N2O5S. The van der Waals surface area contributed by atoms with E-state index in [0.717, 1.165) is 10.9 Å². The highest BCUT2D eigenvalue weighted by atomic mass is 32.2. The maximum absolute atomic E-state index is 13.0. The molecule has 0 spiro atoms. The quantitative estimate of drug-likeness (QED) is 0.498. The van der Waals surface area contributed by atoms with Gasteiger partial charge < -0.3 is 9.72 Å². The third-order valence-electron chi connectivity index (χ3n) is 5.26. The zero-order valence-electron chi connectivity index (χ0n) is 16.7. The van der Waals surface area contributed by atoms with E-state index < -0.39 is 22.1 Å². The maximum atomic E-state index is 13.0. The highest BCUT2D eigenvalue weighted by Crippen LogP contribution is 2.26. The number of sulfonamides is 1. The van der Waals surface area contributed by atoms with Crippen LogP contribution in [-0.4, -0.2) is 43.6 Å². The third-order valence-corrected chi connectivity index (χ3v) is 7.13. The number of fused-ring (bicyclic) bond motifs is 1. The Labute approximate surface area is 174 Å². The molecular weight excluding hydrogens is 404 g/mol. The number of nitrogens with zero attached hydrogens (tertiary/aromatic N) is 1. The summed E-state index contributed by atoms with van der Waals surface area (Å²) in [6.07, 6.45) is -0.443. The van der Waals surface area contributed by atoms with Crippen molar-refractivity contribution in [2.75, 3.05) is 16.6 Å². The zero-order valence-corrected chi connectivity index (χ0v) is 17.5. The number of hydrogen-bond acceptors (Lipinski definition) is 5. The summed E-state index contributed by atoms with van der Waals surface area (Å²) >= 11 is 0. The fraction of sp³-hybridized carbons (Fsp3) is 0.273. The van der Waals surface area contributed by atoms with Gasteiger partial charge in [-0.25, -0.2) is 13.2 Å². The molecule has 0 aliphatic carbocycles. The first-order chi connectivity index (χ1) is 14.3. The maximum Gasteiger partial charge on any atom is 0.338 e. The van der Waals surface area contributed by atoms with E-state index >= 15 is 0 Å². The van der Waals surface area contributed by atoms with Crippen molar-refractivity contribution in [3.8, 4) is 0 Å². The van der Waals surface area contributed by atoms with Gasteiger partial charge in [0.2, 0.25) is 15.8 Å². The largest absolute Gasteiger partial charge is 0.451 e.